The molecule has 0 aromatic heterocycles. The smallest absolute Gasteiger partial charge is 0.289 e. The second-order valence-corrected chi connectivity index (χ2v) is 3.62. The van der Waals surface area contributed by atoms with Crippen molar-refractivity contribution >= 4 is 11.7 Å². The van der Waals surface area contributed by atoms with Gasteiger partial charge in [0.05, 0.1) is 0 Å². The minimum Gasteiger partial charge on any atom is -0.339 e. The monoisotopic (exact) mass is 223 g/mol. The van der Waals surface area contributed by atoms with E-state index in [1.807, 2.05) is 0 Å². The molecule has 0 aliphatic heterocycles. The van der Waals surface area contributed by atoms with E-state index in [0.717, 1.165) is 0 Å². The van der Waals surface area contributed by atoms with Crippen LogP contribution < -0.4 is 0 Å². The first-order chi connectivity index (χ1) is 7.52. The van der Waals surface area contributed by atoms with E-state index in [1.54, 1.807) is 18.2 Å². The number of ketones is 1. The van der Waals surface area contributed by atoms with Crippen molar-refractivity contribution in [2.45, 2.75) is 13.3 Å². The van der Waals surface area contributed by atoms with E-state index in [1.165, 1.54) is 24.9 Å². The maximum Gasteiger partial charge on any atom is 0.289 e. The molecule has 0 spiro atoms. The van der Waals surface area contributed by atoms with Gasteiger partial charge in [0.2, 0.25) is 5.78 Å². The van der Waals surface area contributed by atoms with Crippen molar-refractivity contribution in [3.63, 3.8) is 0 Å². The fourth-order valence-corrected chi connectivity index (χ4v) is 1.36. The van der Waals surface area contributed by atoms with E-state index in [4.69, 9.17) is 0 Å². The third kappa shape index (κ3) is 3.15. The lowest BCUT2D eigenvalue weighted by Crippen LogP contribution is -2.33. The first-order valence-corrected chi connectivity index (χ1v) is 5.02. The van der Waals surface area contributed by atoms with Gasteiger partial charge in [0, 0.05) is 20.5 Å². The predicted molar refractivity (Wildman–Crippen MR) is 58.4 cm³/mol. The highest BCUT2D eigenvalue weighted by Gasteiger charge is 2.13. The number of benzene rings is 1. The van der Waals surface area contributed by atoms with Gasteiger partial charge in [0.25, 0.3) is 5.91 Å². The molecular weight excluding hydrogens is 209 g/mol. The second-order valence-electron chi connectivity index (χ2n) is 3.62. The standard InChI is InChI=1S/C12H14FNO2/c1-9(15)12(16)14(2)8-7-10-5-3-4-6-11(10)13/h3-6H,7-8H2,1-2H3. The first kappa shape index (κ1) is 12.4. The molecule has 0 radical (unpaired) electrons. The number of amides is 1. The summed E-state index contributed by atoms with van der Waals surface area (Å²) >= 11 is 0. The van der Waals surface area contributed by atoms with Crippen LogP contribution in [-0.4, -0.2) is 30.2 Å². The zero-order valence-electron chi connectivity index (χ0n) is 9.37. The Balaban J connectivity index is 2.55. The van der Waals surface area contributed by atoms with Crippen molar-refractivity contribution in [2.75, 3.05) is 13.6 Å². The third-order valence-electron chi connectivity index (χ3n) is 2.32. The number of carbonyl (C=O) groups is 2. The van der Waals surface area contributed by atoms with Crippen molar-refractivity contribution in [3.05, 3.63) is 35.6 Å². The quantitative estimate of drug-likeness (QED) is 0.724. The summed E-state index contributed by atoms with van der Waals surface area (Å²) in [4.78, 5) is 23.3. The molecule has 0 bridgehead atoms. The third-order valence-corrected chi connectivity index (χ3v) is 2.32. The maximum atomic E-state index is 13.2. The summed E-state index contributed by atoms with van der Waals surface area (Å²) in [6.07, 6.45) is 0.405. The minimum absolute atomic E-state index is 0.286. The number of halogens is 1. The van der Waals surface area contributed by atoms with Crippen LogP contribution in [0.4, 0.5) is 4.39 Å². The Bertz CT molecular complexity index is 404. The van der Waals surface area contributed by atoms with Crippen LogP contribution in [0.5, 0.6) is 0 Å². The van der Waals surface area contributed by atoms with Crippen molar-refractivity contribution in [2.24, 2.45) is 0 Å². The van der Waals surface area contributed by atoms with Gasteiger partial charge >= 0.3 is 0 Å². The zero-order chi connectivity index (χ0) is 12.1. The highest BCUT2D eigenvalue weighted by Crippen LogP contribution is 2.07. The van der Waals surface area contributed by atoms with E-state index in [-0.39, 0.29) is 5.82 Å². The number of Topliss-reactive ketones (excluding diaryl/α,β-unsaturated/α-hetero) is 1. The highest BCUT2D eigenvalue weighted by atomic mass is 19.1. The van der Waals surface area contributed by atoms with E-state index in [2.05, 4.69) is 0 Å². The van der Waals surface area contributed by atoms with Crippen LogP contribution >= 0.6 is 0 Å². The van der Waals surface area contributed by atoms with Crippen molar-refractivity contribution in [1.29, 1.82) is 0 Å². The topological polar surface area (TPSA) is 37.4 Å². The molecule has 1 amide bonds. The number of hydrogen-bond donors (Lipinski definition) is 0. The second kappa shape index (κ2) is 5.39. The van der Waals surface area contributed by atoms with Gasteiger partial charge in [0.15, 0.2) is 0 Å². The van der Waals surface area contributed by atoms with Crippen molar-refractivity contribution < 1.29 is 14.0 Å². The molecule has 0 heterocycles. The fourth-order valence-electron chi connectivity index (χ4n) is 1.36. The molecular formula is C12H14FNO2. The lowest BCUT2D eigenvalue weighted by atomic mass is 10.1. The predicted octanol–water partition coefficient (Wildman–Crippen LogP) is 1.42. The fraction of sp³-hybridized carbons (Fsp3) is 0.333. The van der Waals surface area contributed by atoms with Crippen LogP contribution in [0.2, 0.25) is 0 Å². The maximum absolute atomic E-state index is 13.2. The van der Waals surface area contributed by atoms with Gasteiger partial charge in [-0.25, -0.2) is 4.39 Å². The van der Waals surface area contributed by atoms with Crippen LogP contribution in [0, 0.1) is 5.82 Å². The molecule has 16 heavy (non-hydrogen) atoms. The summed E-state index contributed by atoms with van der Waals surface area (Å²) in [5, 5.41) is 0. The highest BCUT2D eigenvalue weighted by molar-refractivity contribution is 6.34. The normalized spacial score (nSPS) is 9.94. The largest absolute Gasteiger partial charge is 0.339 e. The molecule has 4 heteroatoms. The summed E-state index contributed by atoms with van der Waals surface area (Å²) in [6, 6.07) is 6.40. The van der Waals surface area contributed by atoms with Crippen LogP contribution in [0.1, 0.15) is 12.5 Å². The lowest BCUT2D eigenvalue weighted by Gasteiger charge is -2.15. The summed E-state index contributed by atoms with van der Waals surface area (Å²) in [5.41, 5.74) is 0.547. The van der Waals surface area contributed by atoms with Gasteiger partial charge in [0.1, 0.15) is 5.82 Å². The molecule has 0 aliphatic rings. The average Bonchev–Trinajstić information content (AvgIpc) is 2.26. The van der Waals surface area contributed by atoms with Crippen LogP contribution in [0.25, 0.3) is 0 Å². The minimum atomic E-state index is -0.545. The van der Waals surface area contributed by atoms with E-state index < -0.39 is 11.7 Å². The average molecular weight is 223 g/mol. The number of nitrogens with zero attached hydrogens (tertiary/aromatic N) is 1. The molecule has 0 atom stereocenters. The molecule has 3 nitrogen and oxygen atoms in total. The molecule has 1 aromatic rings. The van der Waals surface area contributed by atoms with Crippen LogP contribution in [-0.2, 0) is 16.0 Å². The molecule has 0 unspecified atom stereocenters. The van der Waals surface area contributed by atoms with E-state index >= 15 is 0 Å². The Kier molecular flexibility index (Phi) is 4.17. The van der Waals surface area contributed by atoms with Gasteiger partial charge in [-0.2, -0.15) is 0 Å². The molecule has 1 rings (SSSR count). The van der Waals surface area contributed by atoms with Crippen molar-refractivity contribution in [3.8, 4) is 0 Å². The molecule has 0 aliphatic carbocycles. The van der Waals surface area contributed by atoms with Gasteiger partial charge in [-0.3, -0.25) is 9.59 Å². The lowest BCUT2D eigenvalue weighted by molar-refractivity contribution is -0.142. The van der Waals surface area contributed by atoms with Crippen LogP contribution in [0.15, 0.2) is 24.3 Å². The number of hydrogen-bond acceptors (Lipinski definition) is 2. The van der Waals surface area contributed by atoms with Gasteiger partial charge in [-0.05, 0) is 18.1 Å². The molecule has 0 saturated heterocycles. The molecule has 86 valence electrons. The summed E-state index contributed by atoms with van der Waals surface area (Å²) in [7, 11) is 1.53. The summed E-state index contributed by atoms with van der Waals surface area (Å²) < 4.78 is 13.2. The van der Waals surface area contributed by atoms with Gasteiger partial charge in [-0.1, -0.05) is 18.2 Å². The molecule has 1 aromatic carbocycles. The van der Waals surface area contributed by atoms with E-state index in [0.29, 0.717) is 18.5 Å². The summed E-state index contributed by atoms with van der Waals surface area (Å²) in [5.74, 6) is -1.33. The van der Waals surface area contributed by atoms with Crippen LogP contribution in [0.3, 0.4) is 0 Å². The Morgan fingerprint density at radius 3 is 2.50 bits per heavy atom. The zero-order valence-corrected chi connectivity index (χ0v) is 9.37. The Labute approximate surface area is 93.9 Å². The van der Waals surface area contributed by atoms with E-state index in [9.17, 15) is 14.0 Å². The Morgan fingerprint density at radius 2 is 1.94 bits per heavy atom. The molecule has 0 fully saturated rings. The van der Waals surface area contributed by atoms with Crippen molar-refractivity contribution in [1.82, 2.24) is 4.90 Å². The SMILES string of the molecule is CC(=O)C(=O)N(C)CCc1ccccc1F. The number of carbonyl (C=O) groups excluding carboxylic acids is 2. The van der Waals surface area contributed by atoms with Gasteiger partial charge < -0.3 is 4.90 Å². The Hall–Kier alpha value is -1.71. The molecule has 0 N–H and O–H groups in total. The number of rotatable bonds is 4. The molecule has 0 saturated carbocycles. The summed E-state index contributed by atoms with van der Waals surface area (Å²) in [6.45, 7) is 1.56. The Morgan fingerprint density at radius 1 is 1.31 bits per heavy atom. The first-order valence-electron chi connectivity index (χ1n) is 5.02. The van der Waals surface area contributed by atoms with Gasteiger partial charge in [-0.15, -0.1) is 0 Å². The number of likely N-dealkylation sites (N-methyl/N-ethyl adjacent to an activating group) is 1.